The lowest BCUT2D eigenvalue weighted by atomic mass is 9.99. The smallest absolute Gasteiger partial charge is 0.306 e. The van der Waals surface area contributed by atoms with Crippen LogP contribution in [0.25, 0.3) is 0 Å². The minimum atomic E-state index is -0.763. The van der Waals surface area contributed by atoms with Gasteiger partial charge < -0.3 is 14.2 Å². The molecule has 0 aromatic heterocycles. The SMILES string of the molecule is CCCCCCCCCCCCCCCCCCC(=O)OC[C@H](COC(=O)CCCCCCCCCCCCCCCCCCCCC(C)CC)OC(=O)CCCCCCCCC(C)CC. The van der Waals surface area contributed by atoms with E-state index in [-0.39, 0.29) is 31.1 Å². The molecule has 392 valence electrons. The summed E-state index contributed by atoms with van der Waals surface area (Å²) in [6.45, 7) is 11.4. The summed E-state index contributed by atoms with van der Waals surface area (Å²) in [7, 11) is 0. The topological polar surface area (TPSA) is 78.9 Å². The average Bonchev–Trinajstić information content (AvgIpc) is 3.32. The molecule has 6 nitrogen and oxygen atoms in total. The Labute approximate surface area is 412 Å². The highest BCUT2D eigenvalue weighted by molar-refractivity contribution is 5.71. The quantitative estimate of drug-likeness (QED) is 0.0343. The summed E-state index contributed by atoms with van der Waals surface area (Å²) in [6.07, 6.45) is 56.7. The van der Waals surface area contributed by atoms with Crippen LogP contribution in [0.2, 0.25) is 0 Å². The van der Waals surface area contributed by atoms with E-state index in [2.05, 4.69) is 34.6 Å². The van der Waals surface area contributed by atoms with Crippen molar-refractivity contribution >= 4 is 17.9 Å². The number of hydrogen-bond acceptors (Lipinski definition) is 6. The lowest BCUT2D eigenvalue weighted by Crippen LogP contribution is -2.30. The number of rotatable bonds is 54. The summed E-state index contributed by atoms with van der Waals surface area (Å²) in [5, 5.41) is 0. The van der Waals surface area contributed by atoms with Crippen LogP contribution in [0.4, 0.5) is 0 Å². The number of ether oxygens (including phenoxy) is 3. The van der Waals surface area contributed by atoms with Crippen molar-refractivity contribution in [1.82, 2.24) is 0 Å². The minimum absolute atomic E-state index is 0.0637. The molecule has 0 aromatic rings. The largest absolute Gasteiger partial charge is 0.462 e. The van der Waals surface area contributed by atoms with E-state index in [4.69, 9.17) is 14.2 Å². The van der Waals surface area contributed by atoms with E-state index in [1.165, 1.54) is 225 Å². The molecular weight excluding hydrogens is 817 g/mol. The molecule has 0 amide bonds. The molecule has 66 heavy (non-hydrogen) atoms. The van der Waals surface area contributed by atoms with E-state index in [0.29, 0.717) is 19.3 Å². The van der Waals surface area contributed by atoms with Crippen LogP contribution in [0, 0.1) is 11.8 Å². The second-order valence-corrected chi connectivity index (χ2v) is 21.1. The van der Waals surface area contributed by atoms with Crippen molar-refractivity contribution in [2.24, 2.45) is 11.8 Å². The van der Waals surface area contributed by atoms with E-state index in [0.717, 1.165) is 69.6 Å². The van der Waals surface area contributed by atoms with E-state index < -0.39 is 6.10 Å². The van der Waals surface area contributed by atoms with Crippen LogP contribution in [0.15, 0.2) is 0 Å². The summed E-state index contributed by atoms with van der Waals surface area (Å²) in [5.74, 6) is 0.877. The summed E-state index contributed by atoms with van der Waals surface area (Å²) in [6, 6.07) is 0. The van der Waals surface area contributed by atoms with Gasteiger partial charge >= 0.3 is 17.9 Å². The Balaban J connectivity index is 4.18. The van der Waals surface area contributed by atoms with E-state index >= 15 is 0 Å². The van der Waals surface area contributed by atoms with Crippen molar-refractivity contribution in [1.29, 1.82) is 0 Å². The van der Waals surface area contributed by atoms with E-state index in [1.54, 1.807) is 0 Å². The predicted molar refractivity (Wildman–Crippen MR) is 284 cm³/mol. The molecule has 0 aliphatic heterocycles. The maximum Gasteiger partial charge on any atom is 0.306 e. The maximum atomic E-state index is 12.8. The molecule has 2 unspecified atom stereocenters. The first kappa shape index (κ1) is 64.4. The zero-order valence-electron chi connectivity index (χ0n) is 45.3. The Bertz CT molecular complexity index is 1010. The van der Waals surface area contributed by atoms with Crippen molar-refractivity contribution in [3.63, 3.8) is 0 Å². The summed E-state index contributed by atoms with van der Waals surface area (Å²) >= 11 is 0. The van der Waals surface area contributed by atoms with Gasteiger partial charge in [0.25, 0.3) is 0 Å². The molecule has 0 aliphatic rings. The van der Waals surface area contributed by atoms with Gasteiger partial charge in [-0.1, -0.05) is 298 Å². The van der Waals surface area contributed by atoms with Crippen molar-refractivity contribution in [2.75, 3.05) is 13.2 Å². The highest BCUT2D eigenvalue weighted by Gasteiger charge is 2.19. The molecule has 0 radical (unpaired) electrons. The van der Waals surface area contributed by atoms with E-state index in [1.807, 2.05) is 0 Å². The molecule has 0 aromatic carbocycles. The molecule has 0 rings (SSSR count). The van der Waals surface area contributed by atoms with Gasteiger partial charge in [-0.05, 0) is 31.1 Å². The fraction of sp³-hybridized carbons (Fsp3) is 0.950. The van der Waals surface area contributed by atoms with Crippen LogP contribution >= 0.6 is 0 Å². The molecule has 6 heteroatoms. The van der Waals surface area contributed by atoms with Gasteiger partial charge in [0.05, 0.1) is 0 Å². The fourth-order valence-electron chi connectivity index (χ4n) is 9.16. The second kappa shape index (κ2) is 52.8. The third-order valence-corrected chi connectivity index (χ3v) is 14.4. The first-order chi connectivity index (χ1) is 32.3. The van der Waals surface area contributed by atoms with Crippen molar-refractivity contribution in [3.8, 4) is 0 Å². The molecule has 0 saturated carbocycles. The highest BCUT2D eigenvalue weighted by atomic mass is 16.6. The summed E-state index contributed by atoms with van der Waals surface area (Å²) in [4.78, 5) is 38.1. The summed E-state index contributed by atoms with van der Waals surface area (Å²) in [5.41, 5.74) is 0. The third kappa shape index (κ3) is 50.3. The van der Waals surface area contributed by atoms with Crippen molar-refractivity contribution in [3.05, 3.63) is 0 Å². The molecular formula is C60H116O6. The van der Waals surface area contributed by atoms with Crippen molar-refractivity contribution < 1.29 is 28.6 Å². The van der Waals surface area contributed by atoms with Crippen LogP contribution in [-0.2, 0) is 28.6 Å². The molecule has 0 aliphatic carbocycles. The lowest BCUT2D eigenvalue weighted by molar-refractivity contribution is -0.167. The summed E-state index contributed by atoms with van der Waals surface area (Å²) < 4.78 is 16.9. The zero-order valence-corrected chi connectivity index (χ0v) is 45.3. The number of hydrogen-bond donors (Lipinski definition) is 0. The molecule has 0 N–H and O–H groups in total. The maximum absolute atomic E-state index is 12.8. The van der Waals surface area contributed by atoms with Crippen LogP contribution in [0.1, 0.15) is 336 Å². The normalized spacial score (nSPS) is 12.9. The second-order valence-electron chi connectivity index (χ2n) is 21.1. The third-order valence-electron chi connectivity index (χ3n) is 14.4. The average molecular weight is 934 g/mol. The molecule has 0 saturated heterocycles. The molecule has 0 fully saturated rings. The number of carbonyl (C=O) groups is 3. The molecule has 3 atom stereocenters. The van der Waals surface area contributed by atoms with Gasteiger partial charge in [0.2, 0.25) is 0 Å². The number of carbonyl (C=O) groups excluding carboxylic acids is 3. The predicted octanol–water partition coefficient (Wildman–Crippen LogP) is 19.7. The molecule has 0 spiro atoms. The van der Waals surface area contributed by atoms with Crippen LogP contribution in [0.3, 0.4) is 0 Å². The number of esters is 3. The standard InChI is InChI=1S/C60H116O6/c1-6-9-10-11-12-13-14-15-16-22-25-28-31-34-40-45-50-58(61)64-53-57(66-60(63)52-47-42-37-36-39-44-49-56(5)8-3)54-65-59(62)51-46-41-35-32-29-26-23-20-18-17-19-21-24-27-30-33-38-43-48-55(4)7-2/h55-57H,6-54H2,1-5H3/t55?,56?,57-/m1/s1. The Morgan fingerprint density at radius 1 is 0.303 bits per heavy atom. The van der Waals surface area contributed by atoms with Gasteiger partial charge in [-0.25, -0.2) is 0 Å². The van der Waals surface area contributed by atoms with E-state index in [9.17, 15) is 14.4 Å². The Kier molecular flexibility index (Phi) is 51.5. The van der Waals surface area contributed by atoms with Gasteiger partial charge in [0.1, 0.15) is 13.2 Å². The minimum Gasteiger partial charge on any atom is -0.462 e. The van der Waals surface area contributed by atoms with Gasteiger partial charge in [-0.3, -0.25) is 14.4 Å². The Hall–Kier alpha value is -1.59. The fourth-order valence-corrected chi connectivity index (χ4v) is 9.16. The highest BCUT2D eigenvalue weighted by Crippen LogP contribution is 2.19. The van der Waals surface area contributed by atoms with Gasteiger partial charge in [-0.2, -0.15) is 0 Å². The first-order valence-corrected chi connectivity index (χ1v) is 29.8. The first-order valence-electron chi connectivity index (χ1n) is 29.8. The monoisotopic (exact) mass is 933 g/mol. The van der Waals surface area contributed by atoms with Crippen LogP contribution < -0.4 is 0 Å². The van der Waals surface area contributed by atoms with Gasteiger partial charge in [0, 0.05) is 19.3 Å². The molecule has 0 heterocycles. The van der Waals surface area contributed by atoms with Crippen LogP contribution in [-0.4, -0.2) is 37.2 Å². The molecule has 0 bridgehead atoms. The van der Waals surface area contributed by atoms with Crippen LogP contribution in [0.5, 0.6) is 0 Å². The van der Waals surface area contributed by atoms with Crippen molar-refractivity contribution in [2.45, 2.75) is 343 Å². The zero-order chi connectivity index (χ0) is 48.2. The van der Waals surface area contributed by atoms with Gasteiger partial charge in [-0.15, -0.1) is 0 Å². The number of unbranched alkanes of at least 4 members (excludes halogenated alkanes) is 37. The Morgan fingerprint density at radius 2 is 0.530 bits per heavy atom. The Morgan fingerprint density at radius 3 is 0.788 bits per heavy atom. The lowest BCUT2D eigenvalue weighted by Gasteiger charge is -2.18. The van der Waals surface area contributed by atoms with Gasteiger partial charge in [0.15, 0.2) is 6.10 Å².